The molecular formula is C31H32BNO5. The number of fused-ring (bicyclic) bond motifs is 3. The van der Waals surface area contributed by atoms with E-state index in [1.54, 1.807) is 12.1 Å². The molecule has 6 nitrogen and oxygen atoms in total. The predicted octanol–water partition coefficient (Wildman–Crippen LogP) is 6.05. The SMILES string of the molecule is CC1(C)OB(C(=Cc2ccc(C=O)cc2)CNC(=O)OCC2c3ccccc3-c3ccccc32)OC1(C)C. The molecule has 0 atom stereocenters. The maximum Gasteiger partial charge on any atom is 0.492 e. The lowest BCUT2D eigenvalue weighted by Gasteiger charge is -2.32. The second-order valence-electron chi connectivity index (χ2n) is 10.8. The zero-order valence-corrected chi connectivity index (χ0v) is 22.2. The molecule has 0 radical (unpaired) electrons. The number of amides is 1. The van der Waals surface area contributed by atoms with Crippen LogP contribution in [0.25, 0.3) is 17.2 Å². The standard InChI is InChI=1S/C31H32BNO5/c1-30(2)31(3,4)38-32(37-30)23(17-21-13-15-22(19-34)16-14-21)18-33-29(35)36-20-28-26-11-7-5-9-24(26)25-10-6-8-12-27(25)28/h5-17,19,28H,18,20H2,1-4H3,(H,33,35). The number of aldehydes is 1. The Balaban J connectivity index is 1.29. The lowest BCUT2D eigenvalue weighted by molar-refractivity contribution is 0.00578. The summed E-state index contributed by atoms with van der Waals surface area (Å²) >= 11 is 0. The lowest BCUT2D eigenvalue weighted by atomic mass is 9.77. The molecular weight excluding hydrogens is 477 g/mol. The summed E-state index contributed by atoms with van der Waals surface area (Å²) < 4.78 is 18.2. The summed E-state index contributed by atoms with van der Waals surface area (Å²) in [4.78, 5) is 23.9. The van der Waals surface area contributed by atoms with Crippen molar-refractivity contribution >= 4 is 25.6 Å². The van der Waals surface area contributed by atoms with E-state index in [1.807, 2.05) is 70.2 Å². The molecule has 1 heterocycles. The molecule has 5 rings (SSSR count). The summed E-state index contributed by atoms with van der Waals surface area (Å²) in [5.41, 5.74) is 5.86. The predicted molar refractivity (Wildman–Crippen MR) is 149 cm³/mol. The molecule has 0 bridgehead atoms. The van der Waals surface area contributed by atoms with Crippen LogP contribution in [0.5, 0.6) is 0 Å². The Morgan fingerprint density at radius 3 is 1.95 bits per heavy atom. The van der Waals surface area contributed by atoms with E-state index < -0.39 is 24.4 Å². The summed E-state index contributed by atoms with van der Waals surface area (Å²) in [7, 11) is -0.639. The van der Waals surface area contributed by atoms with E-state index in [4.69, 9.17) is 14.0 Å². The van der Waals surface area contributed by atoms with Gasteiger partial charge in [-0.2, -0.15) is 0 Å². The molecule has 194 valence electrons. The van der Waals surface area contributed by atoms with Crippen LogP contribution in [0.3, 0.4) is 0 Å². The van der Waals surface area contributed by atoms with Gasteiger partial charge in [0, 0.05) is 18.0 Å². The fourth-order valence-corrected chi connectivity index (χ4v) is 4.91. The minimum Gasteiger partial charge on any atom is -0.449 e. The zero-order chi connectivity index (χ0) is 26.9. The Labute approximate surface area is 224 Å². The number of benzene rings is 3. The number of carbonyl (C=O) groups excluding carboxylic acids is 2. The van der Waals surface area contributed by atoms with Gasteiger partial charge in [0.2, 0.25) is 0 Å². The van der Waals surface area contributed by atoms with E-state index >= 15 is 0 Å². The maximum absolute atomic E-state index is 12.9. The highest BCUT2D eigenvalue weighted by Crippen LogP contribution is 2.44. The minimum absolute atomic E-state index is 0.0115. The molecule has 1 aliphatic heterocycles. The van der Waals surface area contributed by atoms with E-state index in [0.717, 1.165) is 28.4 Å². The van der Waals surface area contributed by atoms with Crippen molar-refractivity contribution < 1.29 is 23.6 Å². The highest BCUT2D eigenvalue weighted by Gasteiger charge is 2.52. The van der Waals surface area contributed by atoms with E-state index in [0.29, 0.717) is 5.56 Å². The molecule has 1 aliphatic carbocycles. The first-order valence-corrected chi connectivity index (χ1v) is 12.9. The molecule has 7 heteroatoms. The molecule has 1 N–H and O–H groups in total. The van der Waals surface area contributed by atoms with Gasteiger partial charge in [-0.1, -0.05) is 78.9 Å². The van der Waals surface area contributed by atoms with Crippen molar-refractivity contribution in [2.24, 2.45) is 0 Å². The number of hydrogen-bond donors (Lipinski definition) is 1. The van der Waals surface area contributed by atoms with Crippen LogP contribution in [-0.2, 0) is 14.0 Å². The van der Waals surface area contributed by atoms with Gasteiger partial charge in [-0.3, -0.25) is 4.79 Å². The molecule has 0 saturated carbocycles. The Bertz CT molecular complexity index is 1320. The second kappa shape index (κ2) is 10.2. The molecule has 1 amide bonds. The van der Waals surface area contributed by atoms with Crippen LogP contribution in [-0.4, -0.2) is 43.9 Å². The Morgan fingerprint density at radius 2 is 1.39 bits per heavy atom. The molecule has 0 aromatic heterocycles. The molecule has 0 spiro atoms. The maximum atomic E-state index is 12.9. The molecule has 3 aromatic carbocycles. The smallest absolute Gasteiger partial charge is 0.449 e. The summed E-state index contributed by atoms with van der Waals surface area (Å²) in [5, 5.41) is 2.88. The Morgan fingerprint density at radius 1 is 0.868 bits per heavy atom. The summed E-state index contributed by atoms with van der Waals surface area (Å²) in [6.45, 7) is 8.38. The monoisotopic (exact) mass is 509 g/mol. The van der Waals surface area contributed by atoms with Gasteiger partial charge in [-0.25, -0.2) is 4.79 Å². The molecule has 2 aliphatic rings. The first-order chi connectivity index (χ1) is 18.2. The third-order valence-electron chi connectivity index (χ3n) is 7.76. The van der Waals surface area contributed by atoms with E-state index in [-0.39, 0.29) is 19.1 Å². The topological polar surface area (TPSA) is 73.9 Å². The number of rotatable bonds is 7. The molecule has 3 aromatic rings. The lowest BCUT2D eigenvalue weighted by Crippen LogP contribution is -2.41. The fourth-order valence-electron chi connectivity index (χ4n) is 4.91. The van der Waals surface area contributed by atoms with Gasteiger partial charge in [0.25, 0.3) is 0 Å². The van der Waals surface area contributed by atoms with Crippen molar-refractivity contribution in [2.45, 2.75) is 44.8 Å². The van der Waals surface area contributed by atoms with Crippen molar-refractivity contribution in [1.82, 2.24) is 5.32 Å². The highest BCUT2D eigenvalue weighted by atomic mass is 16.7. The van der Waals surface area contributed by atoms with Gasteiger partial charge >= 0.3 is 13.2 Å². The van der Waals surface area contributed by atoms with Crippen molar-refractivity contribution in [2.75, 3.05) is 13.2 Å². The molecule has 1 saturated heterocycles. The third-order valence-corrected chi connectivity index (χ3v) is 7.76. The second-order valence-corrected chi connectivity index (χ2v) is 10.8. The molecule has 0 unspecified atom stereocenters. The van der Waals surface area contributed by atoms with Crippen LogP contribution in [0.15, 0.2) is 78.3 Å². The van der Waals surface area contributed by atoms with Crippen molar-refractivity contribution in [3.8, 4) is 11.1 Å². The van der Waals surface area contributed by atoms with E-state index in [9.17, 15) is 9.59 Å². The van der Waals surface area contributed by atoms with Crippen LogP contribution in [0.4, 0.5) is 4.79 Å². The van der Waals surface area contributed by atoms with Crippen LogP contribution in [0, 0.1) is 0 Å². The van der Waals surface area contributed by atoms with Crippen LogP contribution < -0.4 is 5.32 Å². The highest BCUT2D eigenvalue weighted by molar-refractivity contribution is 6.56. The van der Waals surface area contributed by atoms with Crippen molar-refractivity contribution in [3.05, 3.63) is 101 Å². The number of alkyl carbamates (subject to hydrolysis) is 1. The number of ether oxygens (including phenoxy) is 1. The third kappa shape index (κ3) is 5.04. The average molecular weight is 509 g/mol. The van der Waals surface area contributed by atoms with Crippen molar-refractivity contribution in [3.63, 3.8) is 0 Å². The van der Waals surface area contributed by atoms with Gasteiger partial charge in [-0.05, 0) is 61.0 Å². The normalized spacial score (nSPS) is 17.6. The van der Waals surface area contributed by atoms with Gasteiger partial charge in [-0.15, -0.1) is 0 Å². The molecule has 38 heavy (non-hydrogen) atoms. The van der Waals surface area contributed by atoms with Crippen LogP contribution in [0.2, 0.25) is 0 Å². The average Bonchev–Trinajstić information content (AvgIpc) is 3.34. The zero-order valence-electron chi connectivity index (χ0n) is 22.2. The first-order valence-electron chi connectivity index (χ1n) is 12.9. The number of carbonyl (C=O) groups is 2. The van der Waals surface area contributed by atoms with Gasteiger partial charge in [0.1, 0.15) is 12.9 Å². The fraction of sp³-hybridized carbons (Fsp3) is 0.290. The summed E-state index contributed by atoms with van der Waals surface area (Å²) in [6, 6.07) is 23.7. The van der Waals surface area contributed by atoms with E-state index in [1.165, 1.54) is 11.1 Å². The first kappa shape index (κ1) is 26.0. The quantitative estimate of drug-likeness (QED) is 0.310. The Hall–Kier alpha value is -3.68. The summed E-state index contributed by atoms with van der Waals surface area (Å²) in [6.07, 6.45) is 2.22. The van der Waals surface area contributed by atoms with Gasteiger partial charge < -0.3 is 19.4 Å². The Kier molecular flexibility index (Phi) is 6.99. The van der Waals surface area contributed by atoms with Crippen LogP contribution in [0.1, 0.15) is 60.7 Å². The van der Waals surface area contributed by atoms with Gasteiger partial charge in [0.05, 0.1) is 11.2 Å². The molecule has 1 fully saturated rings. The number of nitrogens with one attached hydrogen (secondary N) is 1. The van der Waals surface area contributed by atoms with Crippen LogP contribution >= 0.6 is 0 Å². The summed E-state index contributed by atoms with van der Waals surface area (Å²) in [5.74, 6) is -0.0115. The number of hydrogen-bond acceptors (Lipinski definition) is 5. The van der Waals surface area contributed by atoms with Gasteiger partial charge in [0.15, 0.2) is 0 Å². The largest absolute Gasteiger partial charge is 0.492 e. The van der Waals surface area contributed by atoms with Crippen molar-refractivity contribution in [1.29, 1.82) is 0 Å². The van der Waals surface area contributed by atoms with E-state index in [2.05, 4.69) is 29.6 Å². The minimum atomic E-state index is -0.639.